The van der Waals surface area contributed by atoms with Crippen LogP contribution in [-0.2, 0) is 16.0 Å². The van der Waals surface area contributed by atoms with Crippen molar-refractivity contribution in [1.82, 2.24) is 16.0 Å². The molecular formula is C19H21N3O4. The predicted molar refractivity (Wildman–Crippen MR) is 94.9 cm³/mol. The molecule has 0 saturated heterocycles. The minimum Gasteiger partial charge on any atom is -0.504 e. The number of Topliss-reactive ketones (excluding diaryl/α,β-unsaturated/α-hetero) is 1. The van der Waals surface area contributed by atoms with Gasteiger partial charge in [0, 0.05) is 18.4 Å². The smallest absolute Gasteiger partial charge is 0.324 e. The first-order valence-electron chi connectivity index (χ1n) is 8.52. The van der Waals surface area contributed by atoms with E-state index >= 15 is 0 Å². The number of carbonyl (C=O) groups excluding carboxylic acids is 3. The Morgan fingerprint density at radius 3 is 2.65 bits per heavy atom. The summed E-state index contributed by atoms with van der Waals surface area (Å²) in [5.41, 5.74) is 0.732. The summed E-state index contributed by atoms with van der Waals surface area (Å²) in [7, 11) is 0. The molecule has 1 aromatic carbocycles. The van der Waals surface area contributed by atoms with E-state index in [9.17, 15) is 19.5 Å². The maximum absolute atomic E-state index is 12.4. The van der Waals surface area contributed by atoms with Crippen molar-refractivity contribution in [3.8, 4) is 0 Å². The Hall–Kier alpha value is -3.09. The molecule has 26 heavy (non-hydrogen) atoms. The number of amides is 3. The van der Waals surface area contributed by atoms with Gasteiger partial charge in [-0.2, -0.15) is 0 Å². The number of carbonyl (C=O) groups is 3. The monoisotopic (exact) mass is 355 g/mol. The van der Waals surface area contributed by atoms with Gasteiger partial charge in [-0.1, -0.05) is 36.9 Å². The quantitative estimate of drug-likeness (QED) is 0.644. The van der Waals surface area contributed by atoms with E-state index in [-0.39, 0.29) is 29.1 Å². The Morgan fingerprint density at radius 1 is 1.19 bits per heavy atom. The summed E-state index contributed by atoms with van der Waals surface area (Å²) in [6, 6.07) is 8.77. The molecule has 0 spiro atoms. The fourth-order valence-electron chi connectivity index (χ4n) is 3.32. The molecule has 7 nitrogen and oxygen atoms in total. The number of urea groups is 1. The van der Waals surface area contributed by atoms with E-state index in [1.54, 1.807) is 0 Å². The molecule has 1 aliphatic carbocycles. The van der Waals surface area contributed by atoms with Crippen molar-refractivity contribution in [1.29, 1.82) is 0 Å². The first-order chi connectivity index (χ1) is 12.4. The highest BCUT2D eigenvalue weighted by molar-refractivity contribution is 6.00. The van der Waals surface area contributed by atoms with E-state index in [4.69, 9.17) is 0 Å². The van der Waals surface area contributed by atoms with Crippen molar-refractivity contribution >= 4 is 17.7 Å². The second kappa shape index (κ2) is 7.43. The number of aliphatic hydroxyl groups excluding tert-OH is 1. The summed E-state index contributed by atoms with van der Waals surface area (Å²) in [5.74, 6) is -0.907. The molecule has 136 valence electrons. The van der Waals surface area contributed by atoms with E-state index in [0.29, 0.717) is 25.7 Å². The van der Waals surface area contributed by atoms with Crippen LogP contribution in [0.1, 0.15) is 24.8 Å². The third-order valence-electron chi connectivity index (χ3n) is 4.70. The molecule has 1 saturated carbocycles. The zero-order chi connectivity index (χ0) is 18.7. The van der Waals surface area contributed by atoms with E-state index in [1.807, 2.05) is 30.3 Å². The van der Waals surface area contributed by atoms with Gasteiger partial charge in [-0.15, -0.1) is 0 Å². The van der Waals surface area contributed by atoms with Crippen LogP contribution in [0.4, 0.5) is 4.79 Å². The van der Waals surface area contributed by atoms with Crippen LogP contribution in [0.15, 0.2) is 54.1 Å². The molecule has 0 aromatic heterocycles. The third-order valence-corrected chi connectivity index (χ3v) is 4.70. The summed E-state index contributed by atoms with van der Waals surface area (Å²) >= 11 is 0. The van der Waals surface area contributed by atoms with Gasteiger partial charge in [0.05, 0.1) is 5.70 Å². The van der Waals surface area contributed by atoms with Gasteiger partial charge >= 0.3 is 6.03 Å². The number of hydrogen-bond acceptors (Lipinski definition) is 4. The van der Waals surface area contributed by atoms with Crippen molar-refractivity contribution in [2.75, 3.05) is 0 Å². The normalized spacial score (nSPS) is 22.6. The molecule has 3 rings (SSSR count). The predicted octanol–water partition coefficient (Wildman–Crippen LogP) is 1.68. The average Bonchev–Trinajstić information content (AvgIpc) is 3.07. The first-order valence-corrected chi connectivity index (χ1v) is 8.52. The third kappa shape index (κ3) is 3.93. The van der Waals surface area contributed by atoms with Gasteiger partial charge in [-0.25, -0.2) is 4.79 Å². The number of benzene rings is 1. The zero-order valence-corrected chi connectivity index (χ0v) is 14.2. The molecule has 1 heterocycles. The lowest BCUT2D eigenvalue weighted by molar-refractivity contribution is -0.122. The van der Waals surface area contributed by atoms with E-state index < -0.39 is 17.7 Å². The van der Waals surface area contributed by atoms with Gasteiger partial charge in [-0.3, -0.25) is 14.9 Å². The van der Waals surface area contributed by atoms with Crippen LogP contribution in [0.2, 0.25) is 0 Å². The summed E-state index contributed by atoms with van der Waals surface area (Å²) in [6.45, 7) is 3.48. The highest BCUT2D eigenvalue weighted by Crippen LogP contribution is 2.28. The van der Waals surface area contributed by atoms with E-state index in [2.05, 4.69) is 22.5 Å². The van der Waals surface area contributed by atoms with Gasteiger partial charge in [0.2, 0.25) is 0 Å². The Morgan fingerprint density at radius 2 is 1.92 bits per heavy atom. The standard InChI is InChI=1S/C19H21N3O4/c1-11-17(24)16(22-19(26)20-11)18(25)21-14-8-7-13(10-14)15(23)9-12-5-3-2-4-6-12/h2-6,13-14,24H,1,7-10H2,(H,21,25)(H2,20,22,26)/t13-,14-/m0/s1. The lowest BCUT2D eigenvalue weighted by atomic mass is 9.96. The largest absolute Gasteiger partial charge is 0.504 e. The second-order valence-corrected chi connectivity index (χ2v) is 6.59. The molecule has 0 radical (unpaired) electrons. The Bertz CT molecular complexity index is 785. The van der Waals surface area contributed by atoms with Gasteiger partial charge in [0.1, 0.15) is 5.78 Å². The van der Waals surface area contributed by atoms with Crippen molar-refractivity contribution in [3.63, 3.8) is 0 Å². The topological polar surface area (TPSA) is 108 Å². The highest BCUT2D eigenvalue weighted by atomic mass is 16.3. The van der Waals surface area contributed by atoms with Crippen LogP contribution in [0, 0.1) is 5.92 Å². The molecule has 0 bridgehead atoms. The molecule has 1 fully saturated rings. The second-order valence-electron chi connectivity index (χ2n) is 6.59. The molecule has 7 heteroatoms. The van der Waals surface area contributed by atoms with Crippen molar-refractivity contribution in [3.05, 3.63) is 59.6 Å². The van der Waals surface area contributed by atoms with Crippen LogP contribution in [0.3, 0.4) is 0 Å². The molecule has 1 aromatic rings. The molecule has 2 aliphatic rings. The van der Waals surface area contributed by atoms with E-state index in [1.165, 1.54) is 0 Å². The molecular weight excluding hydrogens is 334 g/mol. The van der Waals surface area contributed by atoms with Gasteiger partial charge in [0.25, 0.3) is 5.91 Å². The number of nitrogens with one attached hydrogen (secondary N) is 3. The van der Waals surface area contributed by atoms with Gasteiger partial charge in [0.15, 0.2) is 11.5 Å². The van der Waals surface area contributed by atoms with Crippen molar-refractivity contribution in [2.45, 2.75) is 31.7 Å². The first kappa shape index (κ1) is 17.7. The number of rotatable bonds is 5. The number of aliphatic hydroxyl groups is 1. The van der Waals surface area contributed by atoms with Crippen LogP contribution in [0.25, 0.3) is 0 Å². The minimum absolute atomic E-state index is 0.0266. The van der Waals surface area contributed by atoms with Crippen LogP contribution < -0.4 is 16.0 Å². The summed E-state index contributed by atoms with van der Waals surface area (Å²) < 4.78 is 0. The summed E-state index contributed by atoms with van der Waals surface area (Å²) in [6.07, 6.45) is 2.33. The summed E-state index contributed by atoms with van der Waals surface area (Å²) in [4.78, 5) is 36.2. The maximum atomic E-state index is 12.4. The van der Waals surface area contributed by atoms with Crippen molar-refractivity contribution < 1.29 is 19.5 Å². The molecule has 0 unspecified atom stereocenters. The SMILES string of the molecule is C=C1NC(=O)NC(C(=O)N[C@H]2CC[C@H](C(=O)Cc3ccccc3)C2)=C1O. The van der Waals surface area contributed by atoms with E-state index in [0.717, 1.165) is 5.56 Å². The van der Waals surface area contributed by atoms with Crippen molar-refractivity contribution in [2.24, 2.45) is 5.92 Å². The summed E-state index contributed by atoms with van der Waals surface area (Å²) in [5, 5.41) is 17.2. The minimum atomic E-state index is -0.625. The lowest BCUT2D eigenvalue weighted by Gasteiger charge is -2.21. The Balaban J connectivity index is 1.56. The van der Waals surface area contributed by atoms with Gasteiger partial charge < -0.3 is 15.7 Å². The van der Waals surface area contributed by atoms with Crippen LogP contribution in [0.5, 0.6) is 0 Å². The molecule has 4 N–H and O–H groups in total. The molecule has 3 amide bonds. The fraction of sp³-hybridized carbons (Fsp3) is 0.316. The maximum Gasteiger partial charge on any atom is 0.324 e. The van der Waals surface area contributed by atoms with Crippen LogP contribution in [-0.4, -0.2) is 28.9 Å². The zero-order valence-electron chi connectivity index (χ0n) is 14.2. The lowest BCUT2D eigenvalue weighted by Crippen LogP contribution is -2.47. The number of hydrogen-bond donors (Lipinski definition) is 4. The Kier molecular flexibility index (Phi) is 5.06. The fourth-order valence-corrected chi connectivity index (χ4v) is 3.32. The average molecular weight is 355 g/mol. The molecule has 1 aliphatic heterocycles. The highest BCUT2D eigenvalue weighted by Gasteiger charge is 2.33. The molecule has 2 atom stereocenters. The Labute approximate surface area is 151 Å². The van der Waals surface area contributed by atoms with Crippen LogP contribution >= 0.6 is 0 Å². The van der Waals surface area contributed by atoms with Gasteiger partial charge in [-0.05, 0) is 24.8 Å². The number of ketones is 1.